The molecule has 0 bridgehead atoms. The van der Waals surface area contributed by atoms with Crippen LogP contribution in [0.4, 0.5) is 8.78 Å². The fourth-order valence-corrected chi connectivity index (χ4v) is 1.57. The Bertz CT molecular complexity index is 290. The van der Waals surface area contributed by atoms with Crippen LogP contribution in [0.25, 0.3) is 0 Å². The van der Waals surface area contributed by atoms with E-state index >= 15 is 0 Å². The van der Waals surface area contributed by atoms with Crippen molar-refractivity contribution in [2.45, 2.75) is 45.0 Å². The standard InChI is InChI=1S/C14H20F2O/c1-2-3-5-10-13(15)14(16)11-17-12-8-6-4-7-9-12/h4,6-9,13-14H,2-3,5,10-11H2,1H3. The summed E-state index contributed by atoms with van der Waals surface area (Å²) in [5.74, 6) is 0.580. The largest absolute Gasteiger partial charge is 0.490 e. The van der Waals surface area contributed by atoms with E-state index in [1.807, 2.05) is 13.0 Å². The molecule has 0 aromatic heterocycles. The fraction of sp³-hybridized carbons (Fsp3) is 0.571. The average Bonchev–Trinajstić information content (AvgIpc) is 2.37. The number of ether oxygens (including phenoxy) is 1. The summed E-state index contributed by atoms with van der Waals surface area (Å²) in [6, 6.07) is 8.92. The van der Waals surface area contributed by atoms with Crippen LogP contribution >= 0.6 is 0 Å². The third-order valence-corrected chi connectivity index (χ3v) is 2.63. The molecule has 0 aliphatic rings. The number of halogens is 2. The van der Waals surface area contributed by atoms with Crippen LogP contribution in [0.5, 0.6) is 5.75 Å². The average molecular weight is 242 g/mol. The zero-order valence-electron chi connectivity index (χ0n) is 10.2. The lowest BCUT2D eigenvalue weighted by molar-refractivity contribution is 0.102. The molecule has 0 fully saturated rings. The predicted octanol–water partition coefficient (Wildman–Crippen LogP) is 4.32. The van der Waals surface area contributed by atoms with Gasteiger partial charge in [0.05, 0.1) is 0 Å². The van der Waals surface area contributed by atoms with E-state index in [0.717, 1.165) is 19.3 Å². The van der Waals surface area contributed by atoms with Crippen molar-refractivity contribution in [3.8, 4) is 5.75 Å². The Morgan fingerprint density at radius 1 is 1.06 bits per heavy atom. The molecular formula is C14H20F2O. The van der Waals surface area contributed by atoms with Crippen molar-refractivity contribution in [3.63, 3.8) is 0 Å². The third-order valence-electron chi connectivity index (χ3n) is 2.63. The van der Waals surface area contributed by atoms with Gasteiger partial charge in [-0.15, -0.1) is 0 Å². The maximum atomic E-state index is 13.4. The minimum atomic E-state index is -1.54. The van der Waals surface area contributed by atoms with Gasteiger partial charge in [0.2, 0.25) is 0 Å². The number of hydrogen-bond donors (Lipinski definition) is 0. The summed E-state index contributed by atoms with van der Waals surface area (Å²) in [7, 11) is 0. The van der Waals surface area contributed by atoms with E-state index in [1.54, 1.807) is 24.3 Å². The molecule has 0 amide bonds. The van der Waals surface area contributed by atoms with Gasteiger partial charge in [0.1, 0.15) is 18.5 Å². The Hall–Kier alpha value is -1.12. The SMILES string of the molecule is CCCCCC(F)C(F)COc1ccccc1. The molecule has 1 aromatic rings. The molecule has 0 saturated heterocycles. The van der Waals surface area contributed by atoms with Crippen molar-refractivity contribution in [2.75, 3.05) is 6.61 Å². The second kappa shape index (κ2) is 8.04. The Morgan fingerprint density at radius 2 is 1.76 bits per heavy atom. The quantitative estimate of drug-likeness (QED) is 0.617. The van der Waals surface area contributed by atoms with Crippen LogP contribution in [0.1, 0.15) is 32.6 Å². The fourth-order valence-electron chi connectivity index (χ4n) is 1.57. The van der Waals surface area contributed by atoms with E-state index in [2.05, 4.69) is 0 Å². The van der Waals surface area contributed by atoms with E-state index in [1.165, 1.54) is 0 Å². The van der Waals surface area contributed by atoms with E-state index in [9.17, 15) is 8.78 Å². The monoisotopic (exact) mass is 242 g/mol. The van der Waals surface area contributed by atoms with E-state index in [4.69, 9.17) is 4.74 Å². The van der Waals surface area contributed by atoms with Crippen molar-refractivity contribution >= 4 is 0 Å². The highest BCUT2D eigenvalue weighted by atomic mass is 19.2. The van der Waals surface area contributed by atoms with Gasteiger partial charge in [-0.3, -0.25) is 0 Å². The second-order valence-corrected chi connectivity index (χ2v) is 4.15. The van der Waals surface area contributed by atoms with Crippen LogP contribution in [0, 0.1) is 0 Å². The van der Waals surface area contributed by atoms with Crippen molar-refractivity contribution in [1.82, 2.24) is 0 Å². The van der Waals surface area contributed by atoms with Crippen LogP contribution in [0.15, 0.2) is 30.3 Å². The molecule has 2 unspecified atom stereocenters. The highest BCUT2D eigenvalue weighted by Gasteiger charge is 2.20. The van der Waals surface area contributed by atoms with Crippen molar-refractivity contribution in [1.29, 1.82) is 0 Å². The zero-order valence-corrected chi connectivity index (χ0v) is 10.2. The van der Waals surface area contributed by atoms with Gasteiger partial charge in [0.25, 0.3) is 0 Å². The van der Waals surface area contributed by atoms with Gasteiger partial charge in [-0.2, -0.15) is 0 Å². The van der Waals surface area contributed by atoms with Gasteiger partial charge in [-0.25, -0.2) is 8.78 Å². The first-order valence-corrected chi connectivity index (χ1v) is 6.20. The topological polar surface area (TPSA) is 9.23 Å². The predicted molar refractivity (Wildman–Crippen MR) is 65.9 cm³/mol. The van der Waals surface area contributed by atoms with E-state index < -0.39 is 12.3 Å². The van der Waals surface area contributed by atoms with Gasteiger partial charge < -0.3 is 4.74 Å². The number of benzene rings is 1. The maximum absolute atomic E-state index is 13.4. The van der Waals surface area contributed by atoms with Crippen molar-refractivity contribution in [2.24, 2.45) is 0 Å². The molecule has 0 heterocycles. The summed E-state index contributed by atoms with van der Waals surface area (Å²) in [6.07, 6.45) is 0.0466. The van der Waals surface area contributed by atoms with Crippen LogP contribution < -0.4 is 4.74 Å². The minimum Gasteiger partial charge on any atom is -0.490 e. The molecule has 0 aliphatic carbocycles. The van der Waals surface area contributed by atoms with Gasteiger partial charge in [-0.05, 0) is 18.6 Å². The second-order valence-electron chi connectivity index (χ2n) is 4.15. The summed E-state index contributed by atoms with van der Waals surface area (Å²) in [5, 5.41) is 0. The third kappa shape index (κ3) is 5.66. The summed E-state index contributed by atoms with van der Waals surface area (Å²) in [6.45, 7) is 1.83. The molecule has 0 spiro atoms. The smallest absolute Gasteiger partial charge is 0.165 e. The molecular weight excluding hydrogens is 222 g/mol. The number of hydrogen-bond acceptors (Lipinski definition) is 1. The molecule has 0 saturated carbocycles. The summed E-state index contributed by atoms with van der Waals surface area (Å²) < 4.78 is 32.0. The van der Waals surface area contributed by atoms with Gasteiger partial charge in [0.15, 0.2) is 6.17 Å². The first-order valence-electron chi connectivity index (χ1n) is 6.20. The van der Waals surface area contributed by atoms with Crippen LogP contribution in [0.2, 0.25) is 0 Å². The van der Waals surface area contributed by atoms with Crippen molar-refractivity contribution < 1.29 is 13.5 Å². The Labute approximate surface area is 102 Å². The maximum Gasteiger partial charge on any atom is 0.165 e. The first kappa shape index (κ1) is 13.9. The zero-order chi connectivity index (χ0) is 12.5. The molecule has 96 valence electrons. The van der Waals surface area contributed by atoms with E-state index in [-0.39, 0.29) is 13.0 Å². The number of para-hydroxylation sites is 1. The highest BCUT2D eigenvalue weighted by molar-refractivity contribution is 5.20. The Balaban J connectivity index is 2.22. The molecule has 0 N–H and O–H groups in total. The summed E-state index contributed by atoms with van der Waals surface area (Å²) >= 11 is 0. The number of alkyl halides is 2. The summed E-state index contributed by atoms with van der Waals surface area (Å²) in [5.41, 5.74) is 0. The lowest BCUT2D eigenvalue weighted by Gasteiger charge is -2.14. The molecule has 1 aromatic carbocycles. The van der Waals surface area contributed by atoms with Gasteiger partial charge >= 0.3 is 0 Å². The Kier molecular flexibility index (Phi) is 6.60. The molecule has 3 heteroatoms. The Morgan fingerprint density at radius 3 is 2.41 bits per heavy atom. The molecule has 1 nitrogen and oxygen atoms in total. The lowest BCUT2D eigenvalue weighted by atomic mass is 10.1. The van der Waals surface area contributed by atoms with Crippen molar-refractivity contribution in [3.05, 3.63) is 30.3 Å². The molecule has 17 heavy (non-hydrogen) atoms. The first-order chi connectivity index (χ1) is 8.24. The lowest BCUT2D eigenvalue weighted by Crippen LogP contribution is -2.24. The molecule has 0 aliphatic heterocycles. The van der Waals surface area contributed by atoms with Gasteiger partial charge in [-0.1, -0.05) is 44.4 Å². The van der Waals surface area contributed by atoms with Crippen LogP contribution in [0.3, 0.4) is 0 Å². The highest BCUT2D eigenvalue weighted by Crippen LogP contribution is 2.15. The van der Waals surface area contributed by atoms with Crippen LogP contribution in [-0.2, 0) is 0 Å². The summed E-state index contributed by atoms with van der Waals surface area (Å²) in [4.78, 5) is 0. The normalized spacial score (nSPS) is 14.3. The molecule has 0 radical (unpaired) electrons. The molecule has 2 atom stereocenters. The number of rotatable bonds is 8. The molecule has 1 rings (SSSR count). The number of unbranched alkanes of at least 4 members (excludes halogenated alkanes) is 2. The van der Waals surface area contributed by atoms with E-state index in [0.29, 0.717) is 5.75 Å². The minimum absolute atomic E-state index is 0.211. The van der Waals surface area contributed by atoms with Crippen LogP contribution in [-0.4, -0.2) is 19.0 Å². The van der Waals surface area contributed by atoms with Gasteiger partial charge in [0, 0.05) is 0 Å².